The first-order chi connectivity index (χ1) is 14.3. The summed E-state index contributed by atoms with van der Waals surface area (Å²) in [5, 5.41) is 0. The third-order valence-corrected chi connectivity index (χ3v) is 48.6. The summed E-state index contributed by atoms with van der Waals surface area (Å²) in [5.41, 5.74) is 5.17. The fourth-order valence-electron chi connectivity index (χ4n) is 8.09. The first-order valence-electron chi connectivity index (χ1n) is 13.7. The molecule has 1 heterocycles. The molecule has 5 aliphatic rings. The summed E-state index contributed by atoms with van der Waals surface area (Å²) in [5.74, 6) is 0. The molecule has 4 aliphatic carbocycles. The van der Waals surface area contributed by atoms with Gasteiger partial charge < -0.3 is 0 Å². The van der Waals surface area contributed by atoms with E-state index in [-0.39, 0.29) is 0 Å². The molecule has 1 aliphatic heterocycles. The van der Waals surface area contributed by atoms with E-state index in [1.165, 1.54) is 22.6 Å². The predicted molar refractivity (Wildman–Crippen MR) is 131 cm³/mol. The molecule has 0 saturated heterocycles. The molecule has 0 amide bonds. The molecule has 4 fully saturated rings. The molecule has 5 rings (SSSR count). The minimum atomic E-state index is -0.592. The Kier molecular flexibility index (Phi) is 7.87. The molecule has 172 valence electrons. The van der Waals surface area contributed by atoms with Gasteiger partial charge in [-0.1, -0.05) is 0 Å². The van der Waals surface area contributed by atoms with Crippen molar-refractivity contribution >= 4 is 9.79 Å². The van der Waals surface area contributed by atoms with E-state index < -0.39 is 9.79 Å². The third kappa shape index (κ3) is 4.51. The van der Waals surface area contributed by atoms with Gasteiger partial charge in [0.25, 0.3) is 0 Å². The van der Waals surface area contributed by atoms with Crippen LogP contribution in [-0.2, 0) is 16.5 Å². The van der Waals surface area contributed by atoms with Gasteiger partial charge in [0.05, 0.1) is 0 Å². The molecule has 0 radical (unpaired) electrons. The van der Waals surface area contributed by atoms with E-state index in [0.717, 1.165) is 0 Å². The minimum absolute atomic E-state index is 0.545. The summed E-state index contributed by atoms with van der Waals surface area (Å²) in [6, 6.07) is 0. The molecule has 0 N–H and O–H groups in total. The van der Waals surface area contributed by atoms with Crippen molar-refractivity contribution in [3.63, 3.8) is 0 Å². The van der Waals surface area contributed by atoms with Gasteiger partial charge in [0.1, 0.15) is 0 Å². The Bertz CT molecular complexity index is 554. The first kappa shape index (κ1) is 22.3. The maximum absolute atomic E-state index is 1.86. The summed E-state index contributed by atoms with van der Waals surface area (Å²) >= 11 is 0.545. The van der Waals surface area contributed by atoms with Crippen molar-refractivity contribution in [1.29, 1.82) is 0 Å². The van der Waals surface area contributed by atoms with Crippen molar-refractivity contribution in [3.8, 4) is 0 Å². The van der Waals surface area contributed by atoms with Crippen molar-refractivity contribution in [2.24, 2.45) is 0 Å². The Morgan fingerprint density at radius 2 is 0.586 bits per heavy atom. The van der Waals surface area contributed by atoms with Crippen LogP contribution in [0.4, 0.5) is 0 Å². The van der Waals surface area contributed by atoms with Crippen LogP contribution in [0.2, 0.25) is 0 Å². The van der Waals surface area contributed by atoms with Crippen LogP contribution in [0.3, 0.4) is 0 Å². The normalized spacial score (nSPS) is 33.4. The fourth-order valence-corrected chi connectivity index (χ4v) is 64.5. The third-order valence-electron chi connectivity index (χ3n) is 9.63. The van der Waals surface area contributed by atoms with Gasteiger partial charge in [-0.15, -0.1) is 0 Å². The molecular weight excluding hydrogens is 569 g/mol. The van der Waals surface area contributed by atoms with Gasteiger partial charge in [0.2, 0.25) is 0 Å². The second kappa shape index (κ2) is 10.2. The van der Waals surface area contributed by atoms with Gasteiger partial charge in [-0.2, -0.15) is 0 Å². The Hall–Kier alpha value is 1.55. The first-order valence-corrected chi connectivity index (χ1v) is 23.7. The van der Waals surface area contributed by atoms with E-state index in [1.807, 2.05) is 12.3 Å². The average Bonchev–Trinajstić information content (AvgIpc) is 3.25. The average molecular weight is 618 g/mol. The van der Waals surface area contributed by atoms with Crippen LogP contribution < -0.4 is 0 Å². The Balaban J connectivity index is 1.64. The van der Waals surface area contributed by atoms with Gasteiger partial charge in [-0.05, 0) is 0 Å². The van der Waals surface area contributed by atoms with E-state index in [1.54, 1.807) is 128 Å². The van der Waals surface area contributed by atoms with Crippen LogP contribution in [-0.4, -0.2) is 35.0 Å². The van der Waals surface area contributed by atoms with Crippen molar-refractivity contribution < 1.29 is 16.5 Å². The molecule has 0 atom stereocenters. The molecular formula is C26H48P2Pt. The number of hydrogen-bond donors (Lipinski definition) is 0. The Morgan fingerprint density at radius 1 is 0.345 bits per heavy atom. The summed E-state index contributed by atoms with van der Waals surface area (Å²) in [7, 11) is 0. The SMILES string of the molecule is C1CCC([P]2(C3CCCCC3)=[Pt]=[P](C3CCCCC3)(C3CCCCC3)CC2)CC1. The zero-order valence-corrected chi connectivity index (χ0v) is 23.1. The molecule has 0 aromatic carbocycles. The fraction of sp³-hybridized carbons (Fsp3) is 1.00. The van der Waals surface area contributed by atoms with E-state index >= 15 is 0 Å². The summed E-state index contributed by atoms with van der Waals surface area (Å²) in [6.07, 6.45) is 36.5. The predicted octanol–water partition coefficient (Wildman–Crippen LogP) is 9.28. The molecule has 0 aromatic heterocycles. The van der Waals surface area contributed by atoms with Crippen LogP contribution in [0, 0.1) is 0 Å². The standard InChI is InChI=1S/C26H48P2.Pt/c1-5-13-23(14-6-1)27(24-15-7-2-8-16-24)21-22-28(25-17-9-3-10-18-25)26-19-11-4-12-20-26;/h23-26H,1-22H2;. The van der Waals surface area contributed by atoms with E-state index in [0.29, 0.717) is 16.5 Å². The van der Waals surface area contributed by atoms with Crippen LogP contribution >= 0.6 is 9.79 Å². The number of rotatable bonds is 4. The van der Waals surface area contributed by atoms with Gasteiger partial charge >= 0.3 is 190 Å². The van der Waals surface area contributed by atoms with Crippen molar-refractivity contribution in [3.05, 3.63) is 0 Å². The topological polar surface area (TPSA) is 0 Å². The zero-order chi connectivity index (χ0) is 19.6. The second-order valence-electron chi connectivity index (χ2n) is 11.2. The van der Waals surface area contributed by atoms with Crippen LogP contribution in [0.15, 0.2) is 0 Å². The summed E-state index contributed by atoms with van der Waals surface area (Å²) in [6.45, 7) is 0. The van der Waals surface area contributed by atoms with Crippen LogP contribution in [0.25, 0.3) is 0 Å². The Labute approximate surface area is 189 Å². The van der Waals surface area contributed by atoms with Gasteiger partial charge in [-0.3, -0.25) is 0 Å². The maximum atomic E-state index is 1.86. The second-order valence-corrected chi connectivity index (χ2v) is 34.1. The van der Waals surface area contributed by atoms with E-state index in [4.69, 9.17) is 0 Å². The summed E-state index contributed by atoms with van der Waals surface area (Å²) in [4.78, 5) is -1.18. The van der Waals surface area contributed by atoms with E-state index in [9.17, 15) is 0 Å². The monoisotopic (exact) mass is 617 g/mol. The van der Waals surface area contributed by atoms with Crippen LogP contribution in [0.1, 0.15) is 128 Å². The van der Waals surface area contributed by atoms with Gasteiger partial charge in [-0.25, -0.2) is 0 Å². The molecule has 4 saturated carbocycles. The van der Waals surface area contributed by atoms with Crippen LogP contribution in [0.5, 0.6) is 0 Å². The van der Waals surface area contributed by atoms with Crippen molar-refractivity contribution in [2.75, 3.05) is 12.3 Å². The molecule has 0 bridgehead atoms. The Morgan fingerprint density at radius 3 is 0.828 bits per heavy atom. The molecule has 0 aromatic rings. The molecule has 0 nitrogen and oxygen atoms in total. The quantitative estimate of drug-likeness (QED) is 0.276. The summed E-state index contributed by atoms with van der Waals surface area (Å²) < 4.78 is 0. The van der Waals surface area contributed by atoms with Gasteiger partial charge in [0.15, 0.2) is 0 Å². The van der Waals surface area contributed by atoms with E-state index in [2.05, 4.69) is 0 Å². The molecule has 3 heteroatoms. The molecule has 29 heavy (non-hydrogen) atoms. The van der Waals surface area contributed by atoms with Crippen molar-refractivity contribution in [1.82, 2.24) is 0 Å². The zero-order valence-electron chi connectivity index (χ0n) is 19.1. The molecule has 0 spiro atoms. The van der Waals surface area contributed by atoms with Gasteiger partial charge in [0, 0.05) is 0 Å². The molecule has 0 unspecified atom stereocenters. The van der Waals surface area contributed by atoms with Crippen molar-refractivity contribution in [2.45, 2.75) is 151 Å². The number of hydrogen-bond acceptors (Lipinski definition) is 0.